The van der Waals surface area contributed by atoms with Crippen LogP contribution >= 0.6 is 0 Å². The van der Waals surface area contributed by atoms with Crippen molar-refractivity contribution in [3.63, 3.8) is 0 Å². The summed E-state index contributed by atoms with van der Waals surface area (Å²) in [7, 11) is -3.58. The van der Waals surface area contributed by atoms with Crippen LogP contribution in [0.15, 0.2) is 53.4 Å². The first kappa shape index (κ1) is 15.5. The van der Waals surface area contributed by atoms with Gasteiger partial charge in [0.15, 0.2) is 0 Å². The third-order valence-corrected chi connectivity index (χ3v) is 4.61. The number of aryl methyl sites for hydroxylation is 1. The van der Waals surface area contributed by atoms with Crippen molar-refractivity contribution in [2.24, 2.45) is 0 Å². The van der Waals surface area contributed by atoms with Crippen LogP contribution in [0.25, 0.3) is 0 Å². The summed E-state index contributed by atoms with van der Waals surface area (Å²) in [6.07, 6.45) is 0. The van der Waals surface area contributed by atoms with Gasteiger partial charge in [0.2, 0.25) is 0 Å². The molecule has 0 saturated heterocycles. The molecule has 0 spiro atoms. The van der Waals surface area contributed by atoms with Crippen molar-refractivity contribution in [2.75, 3.05) is 11.3 Å². The molecule has 2 aromatic carbocycles. The number of hydrogen-bond donors (Lipinski definition) is 2. The van der Waals surface area contributed by atoms with Gasteiger partial charge in [-0.15, -0.1) is 0 Å². The van der Waals surface area contributed by atoms with Crippen molar-refractivity contribution in [3.05, 3.63) is 59.7 Å². The van der Waals surface area contributed by atoms with Gasteiger partial charge in [0.25, 0.3) is 10.0 Å². The second kappa shape index (κ2) is 6.74. The zero-order valence-electron chi connectivity index (χ0n) is 12.3. The smallest absolute Gasteiger partial charge is 0.262 e. The molecule has 4 nitrogen and oxygen atoms in total. The molecule has 2 rings (SSSR count). The molecule has 5 heteroatoms. The predicted octanol–water partition coefficient (Wildman–Crippen LogP) is 2.91. The highest BCUT2D eigenvalue weighted by Crippen LogP contribution is 2.20. The Balaban J connectivity index is 2.29. The fraction of sp³-hybridized carbons (Fsp3) is 0.250. The van der Waals surface area contributed by atoms with E-state index in [1.165, 1.54) is 0 Å². The molecular weight excluding hydrogens is 284 g/mol. The van der Waals surface area contributed by atoms with E-state index in [0.29, 0.717) is 17.1 Å². The molecule has 0 atom stereocenters. The molecular formula is C16H20N2O2S. The van der Waals surface area contributed by atoms with Crippen molar-refractivity contribution < 1.29 is 8.42 Å². The maximum absolute atomic E-state index is 12.5. The van der Waals surface area contributed by atoms with Gasteiger partial charge in [-0.1, -0.05) is 42.8 Å². The Morgan fingerprint density at radius 3 is 2.33 bits per heavy atom. The lowest BCUT2D eigenvalue weighted by molar-refractivity contribution is 0.598. The third-order valence-electron chi connectivity index (χ3n) is 3.13. The molecule has 0 aliphatic carbocycles. The molecule has 0 saturated carbocycles. The first-order chi connectivity index (χ1) is 10.0. The highest BCUT2D eigenvalue weighted by atomic mass is 32.2. The molecule has 112 valence electrons. The molecule has 0 unspecified atom stereocenters. The third kappa shape index (κ3) is 4.06. The SMILES string of the molecule is CCNCc1ccccc1S(=O)(=O)Nc1ccc(C)cc1. The van der Waals surface area contributed by atoms with Crippen molar-refractivity contribution in [2.45, 2.75) is 25.3 Å². The lowest BCUT2D eigenvalue weighted by Gasteiger charge is -2.12. The van der Waals surface area contributed by atoms with Gasteiger partial charge in [-0.3, -0.25) is 4.72 Å². The van der Waals surface area contributed by atoms with Gasteiger partial charge in [0, 0.05) is 12.2 Å². The van der Waals surface area contributed by atoms with E-state index in [0.717, 1.165) is 17.7 Å². The summed E-state index contributed by atoms with van der Waals surface area (Å²) in [6.45, 7) is 5.27. The molecule has 0 bridgehead atoms. The average Bonchev–Trinajstić information content (AvgIpc) is 2.47. The number of hydrogen-bond acceptors (Lipinski definition) is 3. The van der Waals surface area contributed by atoms with Crippen LogP contribution < -0.4 is 10.0 Å². The predicted molar refractivity (Wildman–Crippen MR) is 85.8 cm³/mol. The quantitative estimate of drug-likeness (QED) is 0.862. The van der Waals surface area contributed by atoms with E-state index in [1.54, 1.807) is 24.3 Å². The summed E-state index contributed by atoms with van der Waals surface area (Å²) in [5, 5.41) is 3.16. The molecule has 0 radical (unpaired) electrons. The summed E-state index contributed by atoms with van der Waals surface area (Å²) in [4.78, 5) is 0.312. The number of sulfonamides is 1. The Morgan fingerprint density at radius 2 is 1.67 bits per heavy atom. The van der Waals surface area contributed by atoms with E-state index in [4.69, 9.17) is 0 Å². The van der Waals surface area contributed by atoms with Gasteiger partial charge in [-0.05, 0) is 37.2 Å². The monoisotopic (exact) mass is 304 g/mol. The summed E-state index contributed by atoms with van der Waals surface area (Å²) >= 11 is 0. The first-order valence-electron chi connectivity index (χ1n) is 6.91. The first-order valence-corrected chi connectivity index (χ1v) is 8.39. The normalized spacial score (nSPS) is 11.3. The van der Waals surface area contributed by atoms with Crippen LogP contribution in [0.2, 0.25) is 0 Å². The average molecular weight is 304 g/mol. The molecule has 0 aliphatic rings. The Bertz CT molecular complexity index is 694. The Kier molecular flexibility index (Phi) is 4.98. The highest BCUT2D eigenvalue weighted by Gasteiger charge is 2.17. The summed E-state index contributed by atoms with van der Waals surface area (Å²) in [5.74, 6) is 0. The van der Waals surface area contributed by atoms with Gasteiger partial charge in [-0.2, -0.15) is 0 Å². The number of anilines is 1. The lowest BCUT2D eigenvalue weighted by atomic mass is 10.2. The fourth-order valence-corrected chi connectivity index (χ4v) is 3.30. The molecule has 2 aromatic rings. The molecule has 0 amide bonds. The minimum Gasteiger partial charge on any atom is -0.313 e. The lowest BCUT2D eigenvalue weighted by Crippen LogP contribution is -2.18. The molecule has 2 N–H and O–H groups in total. The van der Waals surface area contributed by atoms with Crippen LogP contribution in [0.3, 0.4) is 0 Å². The van der Waals surface area contributed by atoms with E-state index in [2.05, 4.69) is 10.0 Å². The van der Waals surface area contributed by atoms with E-state index >= 15 is 0 Å². The maximum Gasteiger partial charge on any atom is 0.262 e. The van der Waals surface area contributed by atoms with Crippen LogP contribution in [0, 0.1) is 6.92 Å². The van der Waals surface area contributed by atoms with Crippen molar-refractivity contribution in [3.8, 4) is 0 Å². The molecule has 21 heavy (non-hydrogen) atoms. The fourth-order valence-electron chi connectivity index (χ4n) is 2.00. The summed E-state index contributed by atoms with van der Waals surface area (Å²) in [5.41, 5.74) is 2.42. The maximum atomic E-state index is 12.5. The zero-order valence-corrected chi connectivity index (χ0v) is 13.1. The van der Waals surface area contributed by atoms with Gasteiger partial charge in [0.05, 0.1) is 4.90 Å². The molecule has 0 aliphatic heterocycles. The molecule has 0 aromatic heterocycles. The standard InChI is InChI=1S/C16H20N2O2S/c1-3-17-12-14-6-4-5-7-16(14)21(19,20)18-15-10-8-13(2)9-11-15/h4-11,17-18H,3,12H2,1-2H3. The number of rotatable bonds is 6. The van der Waals surface area contributed by atoms with Gasteiger partial charge < -0.3 is 5.32 Å². The Morgan fingerprint density at radius 1 is 1.00 bits per heavy atom. The van der Waals surface area contributed by atoms with Crippen LogP contribution in [-0.4, -0.2) is 15.0 Å². The van der Waals surface area contributed by atoms with Gasteiger partial charge >= 0.3 is 0 Å². The van der Waals surface area contributed by atoms with E-state index in [-0.39, 0.29) is 0 Å². The zero-order chi connectivity index (χ0) is 15.3. The minimum absolute atomic E-state index is 0.312. The summed E-state index contributed by atoms with van der Waals surface area (Å²) in [6, 6.07) is 14.3. The Hall–Kier alpha value is -1.85. The summed E-state index contributed by atoms with van der Waals surface area (Å²) < 4.78 is 27.7. The highest BCUT2D eigenvalue weighted by molar-refractivity contribution is 7.92. The van der Waals surface area contributed by atoms with Crippen molar-refractivity contribution in [1.29, 1.82) is 0 Å². The minimum atomic E-state index is -3.58. The Labute approximate surface area is 126 Å². The molecule has 0 heterocycles. The second-order valence-electron chi connectivity index (χ2n) is 4.86. The van der Waals surface area contributed by atoms with Crippen LogP contribution in [0.1, 0.15) is 18.1 Å². The topological polar surface area (TPSA) is 58.2 Å². The van der Waals surface area contributed by atoms with Crippen molar-refractivity contribution in [1.82, 2.24) is 5.32 Å². The molecule has 0 fully saturated rings. The van der Waals surface area contributed by atoms with Crippen molar-refractivity contribution >= 4 is 15.7 Å². The van der Waals surface area contributed by atoms with E-state index < -0.39 is 10.0 Å². The second-order valence-corrected chi connectivity index (χ2v) is 6.51. The van der Waals surface area contributed by atoms with Crippen LogP contribution in [-0.2, 0) is 16.6 Å². The van der Waals surface area contributed by atoms with E-state index in [9.17, 15) is 8.42 Å². The van der Waals surface area contributed by atoms with Crippen LogP contribution in [0.5, 0.6) is 0 Å². The van der Waals surface area contributed by atoms with Crippen LogP contribution in [0.4, 0.5) is 5.69 Å². The van der Waals surface area contributed by atoms with E-state index in [1.807, 2.05) is 38.1 Å². The number of nitrogens with one attached hydrogen (secondary N) is 2. The van der Waals surface area contributed by atoms with Gasteiger partial charge in [-0.25, -0.2) is 8.42 Å². The van der Waals surface area contributed by atoms with Gasteiger partial charge in [0.1, 0.15) is 0 Å². The number of benzene rings is 2. The largest absolute Gasteiger partial charge is 0.313 e.